The maximum Gasteiger partial charge on any atom is 0.164 e. The summed E-state index contributed by atoms with van der Waals surface area (Å²) in [5, 5.41) is 0. The molecular weight excluding hydrogens is 398 g/mol. The molecule has 0 spiro atoms. The van der Waals surface area contributed by atoms with E-state index in [1.807, 2.05) is 0 Å². The van der Waals surface area contributed by atoms with E-state index in [-0.39, 0.29) is 35.3 Å². The molecule has 2 N–H and O–H groups in total. The van der Waals surface area contributed by atoms with Crippen LogP contribution in [-0.2, 0) is 31.0 Å². The van der Waals surface area contributed by atoms with Gasteiger partial charge in [0.1, 0.15) is 11.6 Å². The van der Waals surface area contributed by atoms with Gasteiger partial charge in [-0.25, -0.2) is 8.78 Å². The average molecular weight is 427 g/mol. The maximum atomic E-state index is 14.8. The van der Waals surface area contributed by atoms with Crippen molar-refractivity contribution >= 4 is 27.0 Å². The first-order valence-corrected chi connectivity index (χ1v) is 11.6. The summed E-state index contributed by atoms with van der Waals surface area (Å²) in [6, 6.07) is 2.49. The number of ether oxygens (including phenoxy) is 1. The number of benzene rings is 1. The molecule has 160 valence electrons. The molecule has 1 aromatic rings. The highest BCUT2D eigenvalue weighted by Gasteiger charge is 2.46. The summed E-state index contributed by atoms with van der Waals surface area (Å²) < 4.78 is 46.7. The molecule has 2 aliphatic heterocycles. The first-order chi connectivity index (χ1) is 13.4. The fourth-order valence-electron chi connectivity index (χ4n) is 3.90. The molecule has 2 heterocycles. The molecule has 5 nitrogen and oxygen atoms in total. The van der Waals surface area contributed by atoms with E-state index in [0.717, 1.165) is 6.07 Å². The molecule has 0 bridgehead atoms. The largest absolute Gasteiger partial charge is 0.386 e. The number of amidine groups is 1. The Hall–Kier alpha value is -1.80. The lowest BCUT2D eigenvalue weighted by Gasteiger charge is -2.41. The van der Waals surface area contributed by atoms with Crippen molar-refractivity contribution in [1.82, 2.24) is 0 Å². The van der Waals surface area contributed by atoms with Crippen LogP contribution in [0.3, 0.4) is 0 Å². The normalized spacial score (nSPS) is 30.0. The molecule has 0 saturated carbocycles. The van der Waals surface area contributed by atoms with Crippen LogP contribution in [0.2, 0.25) is 0 Å². The molecule has 8 heteroatoms. The number of aliphatic imine (C=N–C) groups is 1. The minimum atomic E-state index is -2.77. The molecule has 1 fully saturated rings. The zero-order chi connectivity index (χ0) is 21.6. The Kier molecular flexibility index (Phi) is 5.64. The van der Waals surface area contributed by atoms with Crippen molar-refractivity contribution in [3.05, 3.63) is 34.9 Å². The van der Waals surface area contributed by atoms with E-state index in [9.17, 15) is 17.8 Å². The van der Waals surface area contributed by atoms with Crippen molar-refractivity contribution in [2.45, 2.75) is 50.3 Å². The molecule has 2 aliphatic rings. The van der Waals surface area contributed by atoms with E-state index >= 15 is 0 Å². The second-order valence-electron chi connectivity index (χ2n) is 8.71. The molecule has 0 aliphatic carbocycles. The minimum absolute atomic E-state index is 0.00458. The van der Waals surface area contributed by atoms with Gasteiger partial charge < -0.3 is 10.5 Å². The van der Waals surface area contributed by atoms with Gasteiger partial charge in [0.05, 0.1) is 10.3 Å². The molecule has 1 aromatic carbocycles. The van der Waals surface area contributed by atoms with Gasteiger partial charge >= 0.3 is 0 Å². The molecular formula is C21H28F2N2O3S. The van der Waals surface area contributed by atoms with Crippen LogP contribution in [0.5, 0.6) is 0 Å². The summed E-state index contributed by atoms with van der Waals surface area (Å²) >= 11 is 0. The predicted molar refractivity (Wildman–Crippen MR) is 112 cm³/mol. The first-order valence-electron chi connectivity index (χ1n) is 9.66. The van der Waals surface area contributed by atoms with Crippen molar-refractivity contribution in [3.8, 4) is 0 Å². The highest BCUT2D eigenvalue weighted by molar-refractivity contribution is 8.02. The van der Waals surface area contributed by atoms with Crippen LogP contribution in [0.1, 0.15) is 44.7 Å². The van der Waals surface area contributed by atoms with Crippen molar-refractivity contribution in [1.29, 1.82) is 0 Å². The van der Waals surface area contributed by atoms with Crippen molar-refractivity contribution in [2.24, 2.45) is 16.6 Å². The summed E-state index contributed by atoms with van der Waals surface area (Å²) in [6.07, 6.45) is 1.26. The Morgan fingerprint density at radius 3 is 2.52 bits per heavy atom. The predicted octanol–water partition coefficient (Wildman–Crippen LogP) is 2.58. The number of hydrogen-bond acceptors (Lipinski definition) is 5. The van der Waals surface area contributed by atoms with Gasteiger partial charge in [-0.15, -0.1) is 0 Å². The zero-order valence-electron chi connectivity index (χ0n) is 17.1. The van der Waals surface area contributed by atoms with Crippen LogP contribution in [0, 0.1) is 17.6 Å². The Labute approximate surface area is 170 Å². The van der Waals surface area contributed by atoms with E-state index in [4.69, 9.17) is 10.5 Å². The van der Waals surface area contributed by atoms with Gasteiger partial charge in [0, 0.05) is 36.9 Å². The van der Waals surface area contributed by atoms with Gasteiger partial charge in [-0.05, 0) is 66.7 Å². The second-order valence-corrected chi connectivity index (χ2v) is 11.6. The van der Waals surface area contributed by atoms with E-state index in [0.29, 0.717) is 31.6 Å². The fourth-order valence-corrected chi connectivity index (χ4v) is 5.82. The van der Waals surface area contributed by atoms with Crippen molar-refractivity contribution in [3.63, 3.8) is 0 Å². The summed E-state index contributed by atoms with van der Waals surface area (Å²) in [6.45, 7) is 5.99. The van der Waals surface area contributed by atoms with Gasteiger partial charge in [-0.1, -0.05) is 0 Å². The number of ketones is 1. The molecule has 1 unspecified atom stereocenters. The summed E-state index contributed by atoms with van der Waals surface area (Å²) in [4.78, 5) is 17.0. The van der Waals surface area contributed by atoms with Gasteiger partial charge in [0.25, 0.3) is 0 Å². The first kappa shape index (κ1) is 21.9. The molecule has 0 radical (unpaired) electrons. The monoisotopic (exact) mass is 426 g/mol. The van der Waals surface area contributed by atoms with E-state index < -0.39 is 31.4 Å². The molecule has 29 heavy (non-hydrogen) atoms. The number of nitrogens with zero attached hydrogens (tertiary/aromatic N) is 1. The quantitative estimate of drug-likeness (QED) is 0.751. The lowest BCUT2D eigenvalue weighted by molar-refractivity contribution is -0.125. The Balaban J connectivity index is 2.00. The zero-order valence-corrected chi connectivity index (χ0v) is 17.9. The van der Waals surface area contributed by atoms with Crippen LogP contribution < -0.4 is 5.73 Å². The van der Waals surface area contributed by atoms with Gasteiger partial charge in [0.2, 0.25) is 0 Å². The number of rotatable bonds is 4. The maximum absolute atomic E-state index is 14.8. The van der Waals surface area contributed by atoms with Crippen molar-refractivity contribution in [2.75, 3.05) is 19.0 Å². The molecule has 1 saturated heterocycles. The Morgan fingerprint density at radius 1 is 1.31 bits per heavy atom. The summed E-state index contributed by atoms with van der Waals surface area (Å²) in [7, 11) is -2.77. The standard InChI is InChI=1S/C21H28F2N2O3S/c1-20(2)19(24)25-21(3,12-29(20,4)27)15-9-13(10-16(22)18(15)23)11-17(26)14-5-7-28-8-6-14/h9-10,14H,4-8,11-12H2,1-3H3,(H2,24,25)/t21-,29?/m0/s1. The highest BCUT2D eigenvalue weighted by atomic mass is 32.2. The number of nitrogens with two attached hydrogens (primary N) is 1. The van der Waals surface area contributed by atoms with Gasteiger partial charge in [-0.2, -0.15) is 0 Å². The van der Waals surface area contributed by atoms with Crippen LogP contribution in [0.4, 0.5) is 8.78 Å². The van der Waals surface area contributed by atoms with Crippen LogP contribution in [-0.4, -0.2) is 45.4 Å². The van der Waals surface area contributed by atoms with Gasteiger partial charge in [0.15, 0.2) is 11.6 Å². The minimum Gasteiger partial charge on any atom is -0.386 e. The number of hydrogen-bond donors (Lipinski definition) is 1. The average Bonchev–Trinajstić information content (AvgIpc) is 2.63. The van der Waals surface area contributed by atoms with Gasteiger partial charge in [-0.3, -0.25) is 14.0 Å². The van der Waals surface area contributed by atoms with Crippen LogP contribution in [0.25, 0.3) is 0 Å². The number of halogens is 2. The lowest BCUT2D eigenvalue weighted by Crippen LogP contribution is -2.54. The van der Waals surface area contributed by atoms with Crippen LogP contribution in [0.15, 0.2) is 17.1 Å². The van der Waals surface area contributed by atoms with E-state index in [1.54, 1.807) is 20.8 Å². The highest BCUT2D eigenvalue weighted by Crippen LogP contribution is 2.38. The van der Waals surface area contributed by atoms with Crippen LogP contribution >= 0.6 is 0 Å². The topological polar surface area (TPSA) is 81.8 Å². The number of Topliss-reactive ketones (excluding diaryl/α,β-unsaturated/α-hetero) is 1. The summed E-state index contributed by atoms with van der Waals surface area (Å²) in [5.41, 5.74) is 5.03. The third-order valence-electron chi connectivity index (χ3n) is 6.15. The SMILES string of the molecule is C=S1(=O)C[C@@](C)(c2cc(CC(=O)C3CCOCC3)cc(F)c2F)N=C(N)C1(C)C. The molecule has 2 atom stereocenters. The smallest absolute Gasteiger partial charge is 0.164 e. The third-order valence-corrected chi connectivity index (χ3v) is 9.25. The Morgan fingerprint density at radius 2 is 1.93 bits per heavy atom. The molecule has 0 aromatic heterocycles. The number of carbonyl (C=O) groups is 1. The lowest BCUT2D eigenvalue weighted by atomic mass is 9.88. The molecule has 0 amide bonds. The third kappa shape index (κ3) is 3.97. The second kappa shape index (κ2) is 7.47. The Bertz CT molecular complexity index is 966. The van der Waals surface area contributed by atoms with Crippen molar-refractivity contribution < 1.29 is 22.5 Å². The van der Waals surface area contributed by atoms with E-state index in [1.165, 1.54) is 6.07 Å². The van der Waals surface area contributed by atoms with E-state index in [2.05, 4.69) is 10.9 Å². The number of carbonyl (C=O) groups excluding carboxylic acids is 1. The molecule has 3 rings (SSSR count). The summed E-state index contributed by atoms with van der Waals surface area (Å²) in [5.74, 6) is 1.55. The fraction of sp³-hybridized carbons (Fsp3) is 0.571.